The molecule has 0 aromatic heterocycles. The molecule has 0 spiro atoms. The van der Waals surface area contributed by atoms with Gasteiger partial charge in [0.1, 0.15) is 12.4 Å². The average molecular weight is 404 g/mol. The number of hydrogen-bond donors (Lipinski definition) is 0. The molecule has 0 N–H and O–H groups in total. The van der Waals surface area contributed by atoms with Gasteiger partial charge in [-0.05, 0) is 58.8 Å². The van der Waals surface area contributed by atoms with Gasteiger partial charge >= 0.3 is 0 Å². The second-order valence-electron chi connectivity index (χ2n) is 8.86. The first-order valence-electron chi connectivity index (χ1n) is 11.0. The second-order valence-corrected chi connectivity index (χ2v) is 8.86. The van der Waals surface area contributed by atoms with Crippen LogP contribution in [-0.4, -0.2) is 92.8 Å². The molecule has 3 rings (SSSR count). The van der Waals surface area contributed by atoms with Crippen LogP contribution in [0, 0.1) is 5.92 Å². The van der Waals surface area contributed by atoms with Crippen LogP contribution in [0.25, 0.3) is 0 Å². The van der Waals surface area contributed by atoms with E-state index in [0.29, 0.717) is 36.0 Å². The van der Waals surface area contributed by atoms with Gasteiger partial charge in [0.2, 0.25) is 0 Å². The average Bonchev–Trinajstić information content (AvgIpc) is 2.67. The number of morpholine rings is 1. The Labute approximate surface area is 175 Å². The van der Waals surface area contributed by atoms with Gasteiger partial charge in [-0.3, -0.25) is 9.69 Å². The summed E-state index contributed by atoms with van der Waals surface area (Å²) in [6, 6.07) is 7.63. The summed E-state index contributed by atoms with van der Waals surface area (Å²) in [5, 5.41) is 0. The van der Waals surface area contributed by atoms with Gasteiger partial charge in [-0.25, -0.2) is 0 Å². The topological polar surface area (TPSA) is 45.2 Å². The Morgan fingerprint density at radius 1 is 1.14 bits per heavy atom. The number of ether oxygens (including phenoxy) is 2. The Balaban J connectivity index is 1.51. The molecular weight excluding hydrogens is 366 g/mol. The molecule has 2 atom stereocenters. The molecule has 2 heterocycles. The van der Waals surface area contributed by atoms with Crippen LogP contribution in [0.3, 0.4) is 0 Å². The molecule has 0 aliphatic carbocycles. The lowest BCUT2D eigenvalue weighted by Crippen LogP contribution is -2.48. The van der Waals surface area contributed by atoms with E-state index >= 15 is 0 Å². The van der Waals surface area contributed by atoms with E-state index in [1.165, 1.54) is 0 Å². The van der Waals surface area contributed by atoms with Crippen molar-refractivity contribution in [3.63, 3.8) is 0 Å². The molecular formula is C23H37N3O3. The van der Waals surface area contributed by atoms with Crippen molar-refractivity contribution < 1.29 is 14.3 Å². The highest BCUT2D eigenvalue weighted by Gasteiger charge is 2.29. The van der Waals surface area contributed by atoms with Gasteiger partial charge in [-0.1, -0.05) is 12.1 Å². The fourth-order valence-corrected chi connectivity index (χ4v) is 4.39. The van der Waals surface area contributed by atoms with Crippen LogP contribution in [0.1, 0.15) is 37.0 Å². The largest absolute Gasteiger partial charge is 0.491 e. The Morgan fingerprint density at radius 2 is 1.79 bits per heavy atom. The number of piperidine rings is 1. The summed E-state index contributed by atoms with van der Waals surface area (Å²) in [7, 11) is 4.03. The third-order valence-corrected chi connectivity index (χ3v) is 5.83. The van der Waals surface area contributed by atoms with Gasteiger partial charge in [-0.2, -0.15) is 0 Å². The maximum absolute atomic E-state index is 13.1. The van der Waals surface area contributed by atoms with Gasteiger partial charge < -0.3 is 19.3 Å². The standard InChI is InChI=1S/C23H37N3O3/c1-18-15-25(16-19(2)29-18)17-20-9-11-26(12-10-20)23(27)21-7-5-6-8-22(21)28-14-13-24(3)4/h5-8,18-20H,9-17H2,1-4H3. The first kappa shape index (κ1) is 22.1. The Bertz CT molecular complexity index is 649. The number of likely N-dealkylation sites (N-methyl/N-ethyl adjacent to an activating group) is 1. The van der Waals surface area contributed by atoms with E-state index < -0.39 is 0 Å². The fraction of sp³-hybridized carbons (Fsp3) is 0.696. The number of amides is 1. The summed E-state index contributed by atoms with van der Waals surface area (Å²) in [5.74, 6) is 1.44. The molecule has 0 bridgehead atoms. The maximum Gasteiger partial charge on any atom is 0.257 e. The van der Waals surface area contributed by atoms with Crippen molar-refractivity contribution in [2.75, 3.05) is 60.0 Å². The predicted molar refractivity (Wildman–Crippen MR) is 116 cm³/mol. The number of para-hydroxylation sites is 1. The number of nitrogens with zero attached hydrogens (tertiary/aromatic N) is 3. The molecule has 2 aliphatic heterocycles. The first-order chi connectivity index (χ1) is 13.9. The maximum atomic E-state index is 13.1. The summed E-state index contributed by atoms with van der Waals surface area (Å²) in [6.07, 6.45) is 2.75. The Morgan fingerprint density at radius 3 is 2.45 bits per heavy atom. The van der Waals surface area contributed by atoms with Gasteiger partial charge in [0.15, 0.2) is 0 Å². The van der Waals surface area contributed by atoms with Crippen LogP contribution < -0.4 is 4.74 Å². The number of rotatable bonds is 7. The third-order valence-electron chi connectivity index (χ3n) is 5.83. The monoisotopic (exact) mass is 403 g/mol. The highest BCUT2D eigenvalue weighted by molar-refractivity contribution is 5.97. The van der Waals surface area contributed by atoms with Crippen LogP contribution in [0.4, 0.5) is 0 Å². The van der Waals surface area contributed by atoms with E-state index in [4.69, 9.17) is 9.47 Å². The number of hydrogen-bond acceptors (Lipinski definition) is 5. The summed E-state index contributed by atoms with van der Waals surface area (Å²) in [6.45, 7) is 10.5. The zero-order valence-electron chi connectivity index (χ0n) is 18.5. The summed E-state index contributed by atoms with van der Waals surface area (Å²) in [5.41, 5.74) is 0.681. The lowest BCUT2D eigenvalue weighted by atomic mass is 9.95. The molecule has 6 heteroatoms. The third kappa shape index (κ3) is 6.43. The predicted octanol–water partition coefficient (Wildman–Crippen LogP) is 2.59. The molecule has 1 aromatic carbocycles. The molecule has 6 nitrogen and oxygen atoms in total. The molecule has 2 fully saturated rings. The zero-order chi connectivity index (χ0) is 20.8. The summed E-state index contributed by atoms with van der Waals surface area (Å²) < 4.78 is 11.7. The molecule has 2 unspecified atom stereocenters. The van der Waals surface area contributed by atoms with Crippen LogP contribution in [-0.2, 0) is 4.74 Å². The van der Waals surface area contributed by atoms with E-state index in [9.17, 15) is 4.79 Å². The highest BCUT2D eigenvalue weighted by Crippen LogP contribution is 2.25. The van der Waals surface area contributed by atoms with Crippen molar-refractivity contribution in [3.05, 3.63) is 29.8 Å². The minimum Gasteiger partial charge on any atom is -0.491 e. The molecule has 1 aromatic rings. The quantitative estimate of drug-likeness (QED) is 0.700. The van der Waals surface area contributed by atoms with Gasteiger partial charge in [0, 0.05) is 39.3 Å². The fourth-order valence-electron chi connectivity index (χ4n) is 4.39. The first-order valence-corrected chi connectivity index (χ1v) is 11.0. The van der Waals surface area contributed by atoms with E-state index in [2.05, 4.69) is 23.6 Å². The van der Waals surface area contributed by atoms with Crippen molar-refractivity contribution in [2.45, 2.75) is 38.9 Å². The SMILES string of the molecule is CC1CN(CC2CCN(C(=O)c3ccccc3OCCN(C)C)CC2)CC(C)O1. The highest BCUT2D eigenvalue weighted by atomic mass is 16.5. The van der Waals surface area contributed by atoms with Crippen molar-refractivity contribution in [3.8, 4) is 5.75 Å². The molecule has 1 amide bonds. The van der Waals surface area contributed by atoms with E-state index in [1.807, 2.05) is 43.3 Å². The molecule has 2 aliphatic rings. The zero-order valence-corrected chi connectivity index (χ0v) is 18.5. The lowest BCUT2D eigenvalue weighted by molar-refractivity contribution is -0.0728. The molecule has 162 valence electrons. The van der Waals surface area contributed by atoms with Gasteiger partial charge in [-0.15, -0.1) is 0 Å². The number of carbonyl (C=O) groups is 1. The summed E-state index contributed by atoms with van der Waals surface area (Å²) >= 11 is 0. The van der Waals surface area contributed by atoms with Crippen LogP contribution in [0.15, 0.2) is 24.3 Å². The van der Waals surface area contributed by atoms with Gasteiger partial charge in [0.25, 0.3) is 5.91 Å². The van der Waals surface area contributed by atoms with Crippen molar-refractivity contribution in [2.24, 2.45) is 5.92 Å². The van der Waals surface area contributed by atoms with Crippen molar-refractivity contribution >= 4 is 5.91 Å². The Kier molecular flexibility index (Phi) is 7.92. The number of carbonyl (C=O) groups excluding carboxylic acids is 1. The normalized spacial score (nSPS) is 24.1. The summed E-state index contributed by atoms with van der Waals surface area (Å²) in [4.78, 5) is 19.7. The van der Waals surface area contributed by atoms with E-state index in [0.717, 1.165) is 52.1 Å². The molecule has 2 saturated heterocycles. The number of benzene rings is 1. The van der Waals surface area contributed by atoms with Crippen LogP contribution >= 0.6 is 0 Å². The lowest BCUT2D eigenvalue weighted by Gasteiger charge is -2.39. The Hall–Kier alpha value is -1.63. The number of likely N-dealkylation sites (tertiary alicyclic amines) is 1. The van der Waals surface area contributed by atoms with Crippen LogP contribution in [0.5, 0.6) is 5.75 Å². The molecule has 29 heavy (non-hydrogen) atoms. The smallest absolute Gasteiger partial charge is 0.257 e. The minimum absolute atomic E-state index is 0.0949. The van der Waals surface area contributed by atoms with E-state index in [-0.39, 0.29) is 5.91 Å². The van der Waals surface area contributed by atoms with Crippen molar-refractivity contribution in [1.29, 1.82) is 0 Å². The second kappa shape index (κ2) is 10.4. The minimum atomic E-state index is 0.0949. The van der Waals surface area contributed by atoms with Gasteiger partial charge in [0.05, 0.1) is 17.8 Å². The molecule has 0 saturated carbocycles. The van der Waals surface area contributed by atoms with Crippen molar-refractivity contribution in [1.82, 2.24) is 14.7 Å². The van der Waals surface area contributed by atoms with Crippen LogP contribution in [0.2, 0.25) is 0 Å². The molecule has 0 radical (unpaired) electrons. The van der Waals surface area contributed by atoms with E-state index in [1.54, 1.807) is 0 Å².